The van der Waals surface area contributed by atoms with Gasteiger partial charge in [0, 0.05) is 41.1 Å². The van der Waals surface area contributed by atoms with Crippen molar-refractivity contribution in [3.8, 4) is 0 Å². The van der Waals surface area contributed by atoms with Crippen LogP contribution in [0.5, 0.6) is 0 Å². The minimum Gasteiger partial charge on any atom is -0.324 e. The van der Waals surface area contributed by atoms with Crippen molar-refractivity contribution in [2.45, 2.75) is 37.5 Å². The van der Waals surface area contributed by atoms with Gasteiger partial charge in [-0.05, 0) is 60.7 Å². The molecule has 2 aromatic rings. The molecule has 2 fully saturated rings. The van der Waals surface area contributed by atoms with E-state index in [2.05, 4.69) is 47.2 Å². The lowest BCUT2D eigenvalue weighted by atomic mass is 10.0. The van der Waals surface area contributed by atoms with E-state index in [1.54, 1.807) is 0 Å². The number of nitrogens with one attached hydrogen (secondary N) is 1. The van der Waals surface area contributed by atoms with Gasteiger partial charge in [-0.15, -0.1) is 11.8 Å². The number of carbonyl (C=O) groups excluding carboxylic acids is 2. The Balaban J connectivity index is 1.38. The lowest BCUT2D eigenvalue weighted by Gasteiger charge is -2.44. The molecule has 5 nitrogen and oxygen atoms in total. The van der Waals surface area contributed by atoms with E-state index in [1.807, 2.05) is 58.0 Å². The van der Waals surface area contributed by atoms with Crippen molar-refractivity contribution in [1.82, 2.24) is 9.80 Å². The molecule has 2 aliphatic rings. The third-order valence-electron chi connectivity index (χ3n) is 6.17. The lowest BCUT2D eigenvalue weighted by Crippen LogP contribution is -2.54. The van der Waals surface area contributed by atoms with E-state index in [-0.39, 0.29) is 16.8 Å². The van der Waals surface area contributed by atoms with Crippen LogP contribution in [0, 0.1) is 0 Å². The van der Waals surface area contributed by atoms with Crippen LogP contribution in [0.2, 0.25) is 0 Å². The predicted molar refractivity (Wildman–Crippen MR) is 131 cm³/mol. The zero-order valence-corrected chi connectivity index (χ0v) is 20.3. The number of hydrogen-bond acceptors (Lipinski definition) is 3. The van der Waals surface area contributed by atoms with Crippen molar-refractivity contribution in [2.24, 2.45) is 0 Å². The molecule has 1 spiro atoms. The van der Waals surface area contributed by atoms with Gasteiger partial charge in [0.1, 0.15) is 0 Å². The molecule has 0 aliphatic carbocycles. The molecule has 1 N–H and O–H groups in total. The van der Waals surface area contributed by atoms with E-state index in [4.69, 9.17) is 0 Å². The fraction of sp³-hybridized carbons (Fsp3) is 0.417. The molecule has 0 radical (unpaired) electrons. The topological polar surface area (TPSA) is 52.7 Å². The smallest absolute Gasteiger partial charge is 0.321 e. The van der Waals surface area contributed by atoms with E-state index >= 15 is 0 Å². The Morgan fingerprint density at radius 3 is 2.26 bits per heavy atom. The van der Waals surface area contributed by atoms with Crippen LogP contribution < -0.4 is 5.32 Å². The molecule has 0 saturated carbocycles. The normalized spacial score (nSPS) is 17.9. The van der Waals surface area contributed by atoms with Gasteiger partial charge in [0.2, 0.25) is 0 Å². The number of piperidine rings is 1. The molecule has 0 atom stereocenters. The number of urea groups is 1. The molecule has 2 aliphatic heterocycles. The summed E-state index contributed by atoms with van der Waals surface area (Å²) in [7, 11) is 0. The maximum atomic E-state index is 13.2. The average molecular weight is 502 g/mol. The number of anilines is 1. The number of nitrogens with zero attached hydrogens (tertiary/aromatic N) is 2. The fourth-order valence-corrected chi connectivity index (χ4v) is 5.99. The number of halogens is 1. The molecule has 7 heteroatoms. The van der Waals surface area contributed by atoms with Crippen molar-refractivity contribution in [3.63, 3.8) is 0 Å². The molecule has 2 heterocycles. The highest BCUT2D eigenvalue weighted by Crippen LogP contribution is 2.44. The minimum absolute atomic E-state index is 0.0686. The number of rotatable bonds is 3. The van der Waals surface area contributed by atoms with Crippen LogP contribution in [0.4, 0.5) is 10.5 Å². The molecule has 0 aromatic heterocycles. The van der Waals surface area contributed by atoms with Crippen LogP contribution in [0.15, 0.2) is 53.0 Å². The van der Waals surface area contributed by atoms with Gasteiger partial charge in [0.25, 0.3) is 5.91 Å². The van der Waals surface area contributed by atoms with Gasteiger partial charge in [0.15, 0.2) is 0 Å². The van der Waals surface area contributed by atoms with Gasteiger partial charge in [-0.1, -0.05) is 41.9 Å². The summed E-state index contributed by atoms with van der Waals surface area (Å²) < 4.78 is 0.965. The summed E-state index contributed by atoms with van der Waals surface area (Å²) in [5.41, 5.74) is 2.79. The zero-order valence-electron chi connectivity index (χ0n) is 17.9. The molecule has 2 saturated heterocycles. The monoisotopic (exact) mass is 501 g/mol. The summed E-state index contributed by atoms with van der Waals surface area (Å²) in [5.74, 6) is 1.49. The average Bonchev–Trinajstić information content (AvgIpc) is 3.17. The number of likely N-dealkylation sites (tertiary alicyclic amines) is 1. The van der Waals surface area contributed by atoms with Crippen molar-refractivity contribution in [3.05, 3.63) is 64.1 Å². The molecule has 0 unspecified atom stereocenters. The molecule has 3 amide bonds. The number of hydrogen-bond donors (Lipinski definition) is 1. The third-order valence-corrected chi connectivity index (χ3v) is 8.26. The molecular formula is C24H28BrN3O2S. The molecule has 2 aromatic carbocycles. The zero-order chi connectivity index (χ0) is 22.0. The Bertz CT molecular complexity index is 938. The van der Waals surface area contributed by atoms with Crippen molar-refractivity contribution >= 4 is 45.3 Å². The van der Waals surface area contributed by atoms with E-state index < -0.39 is 0 Å². The summed E-state index contributed by atoms with van der Waals surface area (Å²) in [6, 6.07) is 15.5. The van der Waals surface area contributed by atoms with Gasteiger partial charge in [-0.2, -0.15) is 0 Å². The first kappa shape index (κ1) is 22.2. The molecule has 164 valence electrons. The SMILES string of the molecule is CC(C)c1ccc(NC(=O)N2CCC3(CC2)SCCN3C(=O)c2ccc(Br)cc2)cc1. The first-order chi connectivity index (χ1) is 14.9. The first-order valence-electron chi connectivity index (χ1n) is 10.8. The molecule has 4 rings (SSSR count). The van der Waals surface area contributed by atoms with Crippen LogP contribution in [0.3, 0.4) is 0 Å². The fourth-order valence-electron chi connectivity index (χ4n) is 4.27. The molecule has 0 bridgehead atoms. The number of carbonyl (C=O) groups is 2. The van der Waals surface area contributed by atoms with Crippen molar-refractivity contribution in [2.75, 3.05) is 30.7 Å². The van der Waals surface area contributed by atoms with Gasteiger partial charge >= 0.3 is 6.03 Å². The van der Waals surface area contributed by atoms with E-state index in [0.717, 1.165) is 40.9 Å². The Hall–Kier alpha value is -1.99. The van der Waals surface area contributed by atoms with Crippen LogP contribution in [0.25, 0.3) is 0 Å². The lowest BCUT2D eigenvalue weighted by molar-refractivity contribution is 0.0585. The Labute approximate surface area is 196 Å². The largest absolute Gasteiger partial charge is 0.324 e. The Morgan fingerprint density at radius 1 is 1.00 bits per heavy atom. The van der Waals surface area contributed by atoms with Crippen LogP contribution in [0.1, 0.15) is 48.5 Å². The van der Waals surface area contributed by atoms with Crippen LogP contribution in [-0.2, 0) is 0 Å². The summed E-state index contributed by atoms with van der Waals surface area (Å²) in [5, 5.41) is 3.02. The number of benzene rings is 2. The summed E-state index contributed by atoms with van der Waals surface area (Å²) >= 11 is 5.29. The molecular weight excluding hydrogens is 474 g/mol. The van der Waals surface area contributed by atoms with Crippen LogP contribution >= 0.6 is 27.7 Å². The van der Waals surface area contributed by atoms with Gasteiger partial charge in [-0.25, -0.2) is 4.79 Å². The van der Waals surface area contributed by atoms with Crippen molar-refractivity contribution in [1.29, 1.82) is 0 Å². The Morgan fingerprint density at radius 2 is 1.65 bits per heavy atom. The van der Waals surface area contributed by atoms with Gasteiger partial charge in [0.05, 0.1) is 4.87 Å². The first-order valence-corrected chi connectivity index (χ1v) is 12.5. The van der Waals surface area contributed by atoms with Gasteiger partial charge in [-0.3, -0.25) is 4.79 Å². The van der Waals surface area contributed by atoms with E-state index in [9.17, 15) is 9.59 Å². The highest BCUT2D eigenvalue weighted by Gasteiger charge is 2.47. The van der Waals surface area contributed by atoms with Crippen molar-refractivity contribution < 1.29 is 9.59 Å². The summed E-state index contributed by atoms with van der Waals surface area (Å²) in [4.78, 5) is 29.6. The second-order valence-corrected chi connectivity index (χ2v) is 10.8. The second kappa shape index (κ2) is 9.25. The number of amides is 3. The van der Waals surface area contributed by atoms with E-state index in [1.165, 1.54) is 5.56 Å². The van der Waals surface area contributed by atoms with E-state index in [0.29, 0.717) is 19.0 Å². The highest BCUT2D eigenvalue weighted by molar-refractivity contribution is 9.10. The summed E-state index contributed by atoms with van der Waals surface area (Å²) in [6.45, 7) is 6.36. The predicted octanol–water partition coefficient (Wildman–Crippen LogP) is 5.79. The molecule has 31 heavy (non-hydrogen) atoms. The maximum absolute atomic E-state index is 13.2. The third kappa shape index (κ3) is 4.77. The standard InChI is InChI=1S/C24H28BrN3O2S/c1-17(2)18-5-9-21(10-6-18)26-23(30)27-13-11-24(12-14-27)28(15-16-31-24)22(29)19-3-7-20(25)8-4-19/h3-10,17H,11-16H2,1-2H3,(H,26,30). The highest BCUT2D eigenvalue weighted by atomic mass is 79.9. The maximum Gasteiger partial charge on any atom is 0.321 e. The summed E-state index contributed by atoms with van der Waals surface area (Å²) in [6.07, 6.45) is 1.58. The Kier molecular flexibility index (Phi) is 6.63. The second-order valence-electron chi connectivity index (χ2n) is 8.45. The van der Waals surface area contributed by atoms with Crippen LogP contribution in [-0.4, -0.2) is 52.0 Å². The number of thioether (sulfide) groups is 1. The quantitative estimate of drug-likeness (QED) is 0.579. The van der Waals surface area contributed by atoms with Gasteiger partial charge < -0.3 is 15.1 Å². The minimum atomic E-state index is -0.208.